The zero-order chi connectivity index (χ0) is 22.4. The van der Waals surface area contributed by atoms with Crippen LogP contribution in [0.1, 0.15) is 12.5 Å². The fourth-order valence-corrected chi connectivity index (χ4v) is 3.69. The molecule has 0 spiro atoms. The highest BCUT2D eigenvalue weighted by atomic mass is 35.5. The smallest absolute Gasteiger partial charge is 0.288 e. The van der Waals surface area contributed by atoms with Gasteiger partial charge >= 0.3 is 0 Å². The van der Waals surface area contributed by atoms with E-state index in [0.29, 0.717) is 28.1 Å². The van der Waals surface area contributed by atoms with E-state index < -0.39 is 4.92 Å². The predicted molar refractivity (Wildman–Crippen MR) is 121 cm³/mol. The SMILES string of the molecule is CCn1c(SCC(=O)N/N=C\c2ccc(Cl)c([N+](=O)[O-])c2)nnc1-c1ccc(Cl)cc1. The number of halogens is 2. The molecule has 1 heterocycles. The van der Waals surface area contributed by atoms with Crippen molar-refractivity contribution in [2.24, 2.45) is 5.10 Å². The molecular weight excluding hydrogens is 463 g/mol. The van der Waals surface area contributed by atoms with Crippen molar-refractivity contribution >= 4 is 52.8 Å². The summed E-state index contributed by atoms with van der Waals surface area (Å²) in [6, 6.07) is 11.5. The second-order valence-electron chi connectivity index (χ2n) is 6.11. The molecule has 2 aromatic carbocycles. The largest absolute Gasteiger partial charge is 0.302 e. The van der Waals surface area contributed by atoms with Crippen molar-refractivity contribution in [3.05, 3.63) is 68.2 Å². The average molecular weight is 479 g/mol. The number of nitro groups is 1. The van der Waals surface area contributed by atoms with Gasteiger partial charge in [-0.05, 0) is 37.3 Å². The Morgan fingerprint density at radius 3 is 2.68 bits per heavy atom. The lowest BCUT2D eigenvalue weighted by atomic mass is 10.2. The van der Waals surface area contributed by atoms with Gasteiger partial charge in [0.25, 0.3) is 11.6 Å². The van der Waals surface area contributed by atoms with E-state index in [0.717, 1.165) is 5.56 Å². The van der Waals surface area contributed by atoms with Crippen LogP contribution in [-0.4, -0.2) is 37.6 Å². The number of carbonyl (C=O) groups is 1. The number of thioether (sulfide) groups is 1. The van der Waals surface area contributed by atoms with Crippen LogP contribution in [0.3, 0.4) is 0 Å². The molecule has 0 saturated carbocycles. The Morgan fingerprint density at radius 2 is 2.00 bits per heavy atom. The minimum absolute atomic E-state index is 0.0283. The molecule has 31 heavy (non-hydrogen) atoms. The standard InChI is InChI=1S/C19H16Cl2N6O3S/c1-2-26-18(13-4-6-14(20)7-5-13)24-25-19(26)31-11-17(28)23-22-10-12-3-8-15(21)16(9-12)27(29)30/h3-10H,2,11H2,1H3,(H,23,28)/b22-10-. The summed E-state index contributed by atoms with van der Waals surface area (Å²) in [5.41, 5.74) is 3.45. The van der Waals surface area contributed by atoms with Crippen molar-refractivity contribution in [2.45, 2.75) is 18.6 Å². The van der Waals surface area contributed by atoms with Crippen molar-refractivity contribution < 1.29 is 9.72 Å². The summed E-state index contributed by atoms with van der Waals surface area (Å²) in [5, 5.41) is 24.4. The van der Waals surface area contributed by atoms with Crippen LogP contribution >= 0.6 is 35.0 Å². The van der Waals surface area contributed by atoms with Crippen LogP contribution < -0.4 is 5.43 Å². The van der Waals surface area contributed by atoms with E-state index in [1.54, 1.807) is 18.2 Å². The highest BCUT2D eigenvalue weighted by Crippen LogP contribution is 2.25. The topological polar surface area (TPSA) is 115 Å². The van der Waals surface area contributed by atoms with E-state index in [9.17, 15) is 14.9 Å². The van der Waals surface area contributed by atoms with Crippen molar-refractivity contribution in [2.75, 3.05) is 5.75 Å². The highest BCUT2D eigenvalue weighted by molar-refractivity contribution is 7.99. The first-order chi connectivity index (χ1) is 14.9. The van der Waals surface area contributed by atoms with Gasteiger partial charge in [0.15, 0.2) is 11.0 Å². The molecule has 0 aliphatic carbocycles. The van der Waals surface area contributed by atoms with E-state index in [1.807, 2.05) is 23.6 Å². The number of nitrogens with zero attached hydrogens (tertiary/aromatic N) is 5. The number of rotatable bonds is 8. The predicted octanol–water partition coefficient (Wildman–Crippen LogP) is 4.42. The third kappa shape index (κ3) is 5.81. The number of aromatic nitrogens is 3. The molecule has 0 aliphatic heterocycles. The third-order valence-corrected chi connectivity index (χ3v) is 5.58. The van der Waals surface area contributed by atoms with Gasteiger partial charge in [0.1, 0.15) is 5.02 Å². The molecule has 12 heteroatoms. The fraction of sp³-hybridized carbons (Fsp3) is 0.158. The number of hydrogen-bond acceptors (Lipinski definition) is 7. The maximum absolute atomic E-state index is 12.1. The number of nitro benzene ring substituents is 1. The number of hydrazone groups is 1. The number of carbonyl (C=O) groups excluding carboxylic acids is 1. The van der Waals surface area contributed by atoms with Crippen LogP contribution in [0.5, 0.6) is 0 Å². The molecule has 1 N–H and O–H groups in total. The monoisotopic (exact) mass is 478 g/mol. The van der Waals surface area contributed by atoms with Gasteiger partial charge in [-0.2, -0.15) is 5.10 Å². The van der Waals surface area contributed by atoms with Gasteiger partial charge in [-0.3, -0.25) is 14.9 Å². The van der Waals surface area contributed by atoms with Gasteiger partial charge in [0.2, 0.25) is 0 Å². The van der Waals surface area contributed by atoms with E-state index in [1.165, 1.54) is 30.1 Å². The van der Waals surface area contributed by atoms with Gasteiger partial charge in [-0.15, -0.1) is 10.2 Å². The Hall–Kier alpha value is -2.95. The molecule has 0 radical (unpaired) electrons. The summed E-state index contributed by atoms with van der Waals surface area (Å²) in [7, 11) is 0. The quantitative estimate of drug-likeness (QED) is 0.221. The zero-order valence-electron chi connectivity index (χ0n) is 16.2. The molecule has 0 saturated heterocycles. The van der Waals surface area contributed by atoms with Crippen LogP contribution in [0.4, 0.5) is 5.69 Å². The maximum atomic E-state index is 12.1. The van der Waals surface area contributed by atoms with Crippen LogP contribution in [-0.2, 0) is 11.3 Å². The Morgan fingerprint density at radius 1 is 1.26 bits per heavy atom. The normalized spacial score (nSPS) is 11.1. The van der Waals surface area contributed by atoms with Crippen LogP contribution in [0.25, 0.3) is 11.4 Å². The fourth-order valence-electron chi connectivity index (χ4n) is 2.58. The summed E-state index contributed by atoms with van der Waals surface area (Å²) in [4.78, 5) is 22.4. The molecule has 1 amide bonds. The molecule has 1 aromatic heterocycles. The van der Waals surface area contributed by atoms with E-state index in [-0.39, 0.29) is 22.4 Å². The van der Waals surface area contributed by atoms with Crippen LogP contribution in [0.2, 0.25) is 10.0 Å². The summed E-state index contributed by atoms with van der Waals surface area (Å²) in [5.74, 6) is 0.393. The molecule has 0 bridgehead atoms. The van der Waals surface area contributed by atoms with Gasteiger partial charge in [-0.25, -0.2) is 5.43 Å². The van der Waals surface area contributed by atoms with Crippen LogP contribution in [0.15, 0.2) is 52.7 Å². The summed E-state index contributed by atoms with van der Waals surface area (Å²) >= 11 is 12.9. The first-order valence-corrected chi connectivity index (χ1v) is 10.7. The first kappa shape index (κ1) is 22.7. The minimum atomic E-state index is -0.586. The molecule has 9 nitrogen and oxygen atoms in total. The molecule has 160 valence electrons. The number of benzene rings is 2. The lowest BCUT2D eigenvalue weighted by Gasteiger charge is -2.07. The van der Waals surface area contributed by atoms with Gasteiger partial charge in [-0.1, -0.05) is 41.0 Å². The molecule has 0 fully saturated rings. The minimum Gasteiger partial charge on any atom is -0.302 e. The molecule has 0 atom stereocenters. The van der Waals surface area contributed by atoms with Crippen LogP contribution in [0, 0.1) is 10.1 Å². The maximum Gasteiger partial charge on any atom is 0.288 e. The summed E-state index contributed by atoms with van der Waals surface area (Å²) in [6.45, 7) is 2.59. The highest BCUT2D eigenvalue weighted by Gasteiger charge is 2.15. The Labute approximate surface area is 191 Å². The van der Waals surface area contributed by atoms with E-state index >= 15 is 0 Å². The van der Waals surface area contributed by atoms with Gasteiger partial charge in [0, 0.05) is 28.8 Å². The molecule has 3 aromatic rings. The lowest BCUT2D eigenvalue weighted by molar-refractivity contribution is -0.384. The van der Waals surface area contributed by atoms with Crippen molar-refractivity contribution in [3.8, 4) is 11.4 Å². The second kappa shape index (κ2) is 10.4. The zero-order valence-corrected chi connectivity index (χ0v) is 18.5. The molecular formula is C19H16Cl2N6O3S. The number of amides is 1. The molecule has 0 unspecified atom stereocenters. The van der Waals surface area contributed by atoms with E-state index in [4.69, 9.17) is 23.2 Å². The summed E-state index contributed by atoms with van der Waals surface area (Å²) in [6.07, 6.45) is 1.30. The lowest BCUT2D eigenvalue weighted by Crippen LogP contribution is -2.20. The van der Waals surface area contributed by atoms with E-state index in [2.05, 4.69) is 20.7 Å². The Bertz CT molecular complexity index is 1130. The number of nitrogens with one attached hydrogen (secondary N) is 1. The first-order valence-electron chi connectivity index (χ1n) is 8.96. The van der Waals surface area contributed by atoms with Crippen molar-refractivity contribution in [1.29, 1.82) is 0 Å². The summed E-state index contributed by atoms with van der Waals surface area (Å²) < 4.78 is 1.90. The average Bonchev–Trinajstić information content (AvgIpc) is 3.16. The van der Waals surface area contributed by atoms with Gasteiger partial charge < -0.3 is 4.57 Å². The molecule has 3 rings (SSSR count). The third-order valence-electron chi connectivity index (χ3n) is 4.04. The van der Waals surface area contributed by atoms with Crippen molar-refractivity contribution in [1.82, 2.24) is 20.2 Å². The Kier molecular flexibility index (Phi) is 7.61. The van der Waals surface area contributed by atoms with Crippen molar-refractivity contribution in [3.63, 3.8) is 0 Å². The number of hydrogen-bond donors (Lipinski definition) is 1. The molecule has 0 aliphatic rings. The van der Waals surface area contributed by atoms with Gasteiger partial charge in [0.05, 0.1) is 16.9 Å². The Balaban J connectivity index is 1.60. The second-order valence-corrected chi connectivity index (χ2v) is 7.89.